The fourth-order valence-corrected chi connectivity index (χ4v) is 10.4. The number of aromatic hydroxyl groups is 1. The van der Waals surface area contributed by atoms with E-state index < -0.39 is 73.4 Å². The lowest BCUT2D eigenvalue weighted by atomic mass is 10.1. The molecule has 20 nitrogen and oxygen atoms in total. The number of sulfone groups is 1. The summed E-state index contributed by atoms with van der Waals surface area (Å²) in [4.78, 5) is 76.4. The number of carbonyl (C=O) groups is 4. The lowest BCUT2D eigenvalue weighted by Gasteiger charge is -2.11. The van der Waals surface area contributed by atoms with Gasteiger partial charge in [0.2, 0.25) is 22.2 Å². The molecule has 0 saturated carbocycles. The zero-order chi connectivity index (χ0) is 78.4. The minimum absolute atomic E-state index is 0. The third kappa shape index (κ3) is 20.4. The highest BCUT2D eigenvalue weighted by molar-refractivity contribution is 7.90. The number of carbonyl (C=O) groups excluding carboxylic acids is 4. The lowest BCUT2D eigenvalue weighted by molar-refractivity contribution is -0.384. The summed E-state index contributed by atoms with van der Waals surface area (Å²) in [5.74, 6) is -2.06. The van der Waals surface area contributed by atoms with Gasteiger partial charge < -0.3 is 33.4 Å². The first-order valence-corrected chi connectivity index (χ1v) is 32.6. The van der Waals surface area contributed by atoms with Crippen molar-refractivity contribution in [2.75, 3.05) is 25.3 Å². The van der Waals surface area contributed by atoms with Crippen LogP contribution in [0.4, 0.5) is 86.8 Å². The highest BCUT2D eigenvalue weighted by atomic mass is 32.2. The van der Waals surface area contributed by atoms with Crippen LogP contribution in [0.1, 0.15) is 91.9 Å². The van der Waals surface area contributed by atoms with Crippen LogP contribution < -0.4 is 32.8 Å². The Hall–Kier alpha value is -12.8. The molecule has 1 amide bonds. The molecule has 560 valence electrons. The first-order chi connectivity index (χ1) is 50.0. The van der Waals surface area contributed by atoms with Crippen LogP contribution in [-0.2, 0) is 34.5 Å². The van der Waals surface area contributed by atoms with E-state index >= 15 is 0 Å². The average molecular weight is 1520 g/mol. The zero-order valence-corrected chi connectivity index (χ0v) is 56.8. The maximum atomic E-state index is 12.9. The molecule has 0 bridgehead atoms. The van der Waals surface area contributed by atoms with Crippen molar-refractivity contribution in [3.63, 3.8) is 0 Å². The molecule has 4 aromatic heterocycles. The molecular formula is C75H57F12N7O13S. The van der Waals surface area contributed by atoms with Gasteiger partial charge in [-0.2, -0.15) is 52.7 Å². The number of anilines is 1. The van der Waals surface area contributed by atoms with E-state index in [1.54, 1.807) is 12.1 Å². The second-order valence-electron chi connectivity index (χ2n) is 23.3. The van der Waals surface area contributed by atoms with Gasteiger partial charge in [0.25, 0.3) is 11.6 Å². The molecule has 0 radical (unpaired) electrons. The number of rotatable bonds is 11. The van der Waals surface area contributed by atoms with E-state index in [-0.39, 0.29) is 129 Å². The monoisotopic (exact) mass is 1520 g/mol. The molecule has 4 heterocycles. The van der Waals surface area contributed by atoms with Crippen LogP contribution in [0.3, 0.4) is 0 Å². The molecule has 12 aromatic rings. The Bertz CT molecular complexity index is 5890. The molecule has 108 heavy (non-hydrogen) atoms. The van der Waals surface area contributed by atoms with Crippen LogP contribution >= 0.6 is 0 Å². The molecule has 12 rings (SSSR count). The Kier molecular flexibility index (Phi) is 24.2. The predicted molar refractivity (Wildman–Crippen MR) is 373 cm³/mol. The average Bonchev–Trinajstić information content (AvgIpc) is 0.801. The number of amides is 1. The number of primary amides is 1. The molecule has 33 heteroatoms. The van der Waals surface area contributed by atoms with Crippen LogP contribution in [0.15, 0.2) is 237 Å². The number of nitrogens with zero attached hydrogens (tertiary/aromatic N) is 6. The van der Waals surface area contributed by atoms with Crippen LogP contribution in [0.2, 0.25) is 0 Å². The number of alkyl halides is 12. The van der Waals surface area contributed by atoms with Crippen molar-refractivity contribution in [2.24, 2.45) is 25.7 Å². The van der Waals surface area contributed by atoms with Gasteiger partial charge >= 0.3 is 24.7 Å². The van der Waals surface area contributed by atoms with Gasteiger partial charge in [-0.05, 0) is 203 Å². The molecule has 0 spiro atoms. The normalized spacial score (nSPS) is 12.5. The van der Waals surface area contributed by atoms with Gasteiger partial charge in [0, 0.05) is 59.7 Å². The SMILES string of the molecule is C.CC(=O)c1cc2cc(C(F)(F)F)ccc2oc1=Nc1ccc(N(C)C)cc1.CC(=O)c1cc2cc(C(F)(F)F)ccc2oc1=Nc1ccc(O)cc1.CC(=O)c1cc2cc(C(F)(F)F)ccc2oc1=Nc1ccc(S(C)(=O)=O)cc1.NC(=O)c1cc2cc(C(F)(F)F)ccc2oc1=Nc1ccc([N+](=O)[O-])cc1. The van der Waals surface area contributed by atoms with E-state index in [1.165, 1.54) is 124 Å². The van der Waals surface area contributed by atoms with Crippen molar-refractivity contribution >= 4 is 111 Å². The molecule has 0 aliphatic rings. The van der Waals surface area contributed by atoms with Gasteiger partial charge in [-0.3, -0.25) is 29.3 Å². The van der Waals surface area contributed by atoms with Crippen LogP contribution in [0, 0.1) is 10.1 Å². The van der Waals surface area contributed by atoms with E-state index in [4.69, 9.17) is 23.4 Å². The fourth-order valence-electron chi connectivity index (χ4n) is 9.73. The van der Waals surface area contributed by atoms with Gasteiger partial charge in [-0.15, -0.1) is 0 Å². The Labute approximate surface area is 602 Å². The van der Waals surface area contributed by atoms with E-state index in [2.05, 4.69) is 20.0 Å². The summed E-state index contributed by atoms with van der Waals surface area (Å²) >= 11 is 0. The molecule has 0 saturated heterocycles. The first-order valence-electron chi connectivity index (χ1n) is 30.7. The molecule has 0 aliphatic heterocycles. The molecule has 8 aromatic carbocycles. The number of nitrogens with two attached hydrogens (primary N) is 1. The van der Waals surface area contributed by atoms with Crippen molar-refractivity contribution in [1.82, 2.24) is 0 Å². The second kappa shape index (κ2) is 32.3. The quantitative estimate of drug-likeness (QED) is 0.0527. The predicted octanol–water partition coefficient (Wildman–Crippen LogP) is 18.2. The van der Waals surface area contributed by atoms with Crippen LogP contribution in [0.25, 0.3) is 43.9 Å². The summed E-state index contributed by atoms with van der Waals surface area (Å²) in [6, 6.07) is 40.8. The minimum atomic E-state index is -4.55. The number of phenolic OH excluding ortho intramolecular Hbond substituents is 1. The van der Waals surface area contributed by atoms with Crippen molar-refractivity contribution in [3.8, 4) is 5.75 Å². The Balaban J connectivity index is 0.000000181. The summed E-state index contributed by atoms with van der Waals surface area (Å²) in [5, 5.41) is 20.5. The highest BCUT2D eigenvalue weighted by Crippen LogP contribution is 2.36. The molecule has 0 unspecified atom stereocenters. The first kappa shape index (κ1) is 80.9. The smallest absolute Gasteiger partial charge is 0.416 e. The summed E-state index contributed by atoms with van der Waals surface area (Å²) < 4.78 is 200. The number of benzene rings is 8. The largest absolute Gasteiger partial charge is 0.508 e. The summed E-state index contributed by atoms with van der Waals surface area (Å²) in [5.41, 5.74) is 4.60. The summed E-state index contributed by atoms with van der Waals surface area (Å²) in [6.45, 7) is 3.84. The number of hydrogen-bond acceptors (Lipinski definition) is 18. The number of nitro benzene ring substituents is 1. The molecule has 3 N–H and O–H groups in total. The Morgan fingerprint density at radius 1 is 0.426 bits per heavy atom. The number of Topliss-reactive ketones (excluding diaryl/α,β-unsaturated/α-hetero) is 3. The van der Waals surface area contributed by atoms with E-state index in [9.17, 15) is 95.5 Å². The number of non-ortho nitro benzene ring substituents is 1. The number of nitro groups is 1. The molecular weight excluding hydrogens is 1470 g/mol. The van der Waals surface area contributed by atoms with Crippen molar-refractivity contribution in [3.05, 3.63) is 271 Å². The number of hydrogen-bond donors (Lipinski definition) is 2. The Morgan fingerprint density at radius 3 is 0.935 bits per heavy atom. The van der Waals surface area contributed by atoms with E-state index in [0.29, 0.717) is 17.1 Å². The molecule has 0 atom stereocenters. The van der Waals surface area contributed by atoms with Gasteiger partial charge in [0.05, 0.1) is 71.5 Å². The third-order valence-corrected chi connectivity index (χ3v) is 16.3. The fraction of sp³-hybridized carbons (Fsp3) is 0.147. The molecule has 0 aliphatic carbocycles. The maximum Gasteiger partial charge on any atom is 0.416 e. The lowest BCUT2D eigenvalue weighted by Crippen LogP contribution is -2.21. The van der Waals surface area contributed by atoms with Crippen LogP contribution in [0.5, 0.6) is 5.75 Å². The van der Waals surface area contributed by atoms with Crippen molar-refractivity contribution < 1.29 is 108 Å². The number of halogens is 12. The van der Waals surface area contributed by atoms with Gasteiger partial charge in [-0.1, -0.05) is 7.43 Å². The summed E-state index contributed by atoms with van der Waals surface area (Å²) in [6.07, 6.45) is -17.0. The summed E-state index contributed by atoms with van der Waals surface area (Å²) in [7, 11) is 0.451. The van der Waals surface area contributed by atoms with E-state index in [0.717, 1.165) is 78.7 Å². The zero-order valence-electron chi connectivity index (χ0n) is 56.0. The minimum Gasteiger partial charge on any atom is -0.508 e. The van der Waals surface area contributed by atoms with Crippen LogP contribution in [-0.4, -0.2) is 62.1 Å². The Morgan fingerprint density at radius 2 is 0.685 bits per heavy atom. The molecule has 0 fully saturated rings. The third-order valence-electron chi connectivity index (χ3n) is 15.2. The van der Waals surface area contributed by atoms with Crippen molar-refractivity contribution in [1.29, 1.82) is 0 Å². The maximum absolute atomic E-state index is 12.9. The number of phenols is 1. The van der Waals surface area contributed by atoms with Gasteiger partial charge in [-0.25, -0.2) is 28.4 Å². The topological polar surface area (TPSA) is 297 Å². The van der Waals surface area contributed by atoms with E-state index in [1.807, 2.05) is 31.1 Å². The standard InChI is InChI=1S/C20H17F3N2O2.C19H14F3NO4S.C18H12F3NO3.C17H10F3N3O4.CH4/c1-12(26)17-11-13-10-14(20(21,22)23)4-9-18(13)27-19(17)24-15-5-7-16(8-6-15)25(2)3;1-11(24)16-10-12-9-13(19(20,21)22)3-8-17(12)27-18(16)23-14-4-6-15(7-5-14)28(2,25)26;1-10(23)15-9-11-8-12(18(19,20)21)2-7-16(11)25-17(15)22-13-3-5-14(24)6-4-13;18-17(19,20)10-1-6-14-9(7-10)8-13(15(21)24)16(27-14)22-11-2-4-12(5-3-11)23(25)26;/h4-11H,1-3H3;3-10H,1-2H3;2-9,24H,1H3;1-8H,(H2,21,24);1H4. The van der Waals surface area contributed by atoms with Crippen molar-refractivity contribution in [2.45, 2.75) is 57.8 Å². The van der Waals surface area contributed by atoms with Gasteiger partial charge in [0.1, 0.15) is 33.6 Å². The second-order valence-corrected chi connectivity index (χ2v) is 25.3. The number of ketones is 3. The highest BCUT2D eigenvalue weighted by Gasteiger charge is 2.34. The number of fused-ring (bicyclic) bond motifs is 4. The van der Waals surface area contributed by atoms with Gasteiger partial charge in [0.15, 0.2) is 27.2 Å².